The Kier molecular flexibility index (Phi) is 8.66. The van der Waals surface area contributed by atoms with Crippen LogP contribution in [0.15, 0.2) is 82.4 Å². The first-order valence-electron chi connectivity index (χ1n) is 10.8. The lowest BCUT2D eigenvalue weighted by Gasteiger charge is -2.11. The Morgan fingerprint density at radius 2 is 1.76 bits per heavy atom. The van der Waals surface area contributed by atoms with E-state index in [9.17, 15) is 9.59 Å². The zero-order valence-corrected chi connectivity index (χ0v) is 22.4. The van der Waals surface area contributed by atoms with Crippen LogP contribution in [0.1, 0.15) is 15.9 Å². The molecule has 0 atom stereocenters. The number of carbonyl (C=O) groups excluding carboxylic acids is 2. The first-order chi connectivity index (χ1) is 17.9. The van der Waals surface area contributed by atoms with Gasteiger partial charge in [-0.15, -0.1) is 0 Å². The third-order valence-electron chi connectivity index (χ3n) is 5.13. The summed E-state index contributed by atoms with van der Waals surface area (Å²) in [5.41, 5.74) is 3.18. The number of amides is 1. The predicted octanol–water partition coefficient (Wildman–Crippen LogP) is 6.67. The Hall–Kier alpha value is -3.59. The summed E-state index contributed by atoms with van der Waals surface area (Å²) >= 11 is 15.5. The Morgan fingerprint density at radius 3 is 2.54 bits per heavy atom. The maximum atomic E-state index is 12.5. The third kappa shape index (κ3) is 6.60. The van der Waals surface area contributed by atoms with E-state index in [0.29, 0.717) is 22.1 Å². The van der Waals surface area contributed by atoms with Gasteiger partial charge in [-0.2, -0.15) is 5.10 Å². The van der Waals surface area contributed by atoms with Crippen molar-refractivity contribution in [2.75, 3.05) is 13.7 Å². The summed E-state index contributed by atoms with van der Waals surface area (Å²) in [7, 11) is 1.44. The molecule has 0 aromatic heterocycles. The number of benzene rings is 4. The quantitative estimate of drug-likeness (QED) is 0.106. The summed E-state index contributed by atoms with van der Waals surface area (Å²) < 4.78 is 17.2. The van der Waals surface area contributed by atoms with E-state index in [1.165, 1.54) is 25.5 Å². The number of halogens is 3. The van der Waals surface area contributed by atoms with Crippen molar-refractivity contribution in [3.8, 4) is 17.2 Å². The van der Waals surface area contributed by atoms with E-state index < -0.39 is 11.9 Å². The van der Waals surface area contributed by atoms with Gasteiger partial charge in [-0.1, -0.05) is 53.5 Å². The van der Waals surface area contributed by atoms with Crippen LogP contribution in [0.2, 0.25) is 10.0 Å². The second kappa shape index (κ2) is 12.1. The molecule has 0 bridgehead atoms. The van der Waals surface area contributed by atoms with Gasteiger partial charge in [0.25, 0.3) is 5.91 Å². The molecule has 7 nitrogen and oxygen atoms in total. The van der Waals surface area contributed by atoms with E-state index in [1.807, 2.05) is 30.3 Å². The lowest BCUT2D eigenvalue weighted by atomic mass is 10.1. The van der Waals surface area contributed by atoms with Crippen LogP contribution in [0, 0.1) is 0 Å². The molecular formula is C27H19BrCl2N2O5. The largest absolute Gasteiger partial charge is 0.493 e. The van der Waals surface area contributed by atoms with Crippen LogP contribution in [0.25, 0.3) is 10.8 Å². The maximum Gasteiger partial charge on any atom is 0.345 e. The maximum absolute atomic E-state index is 12.5. The SMILES string of the molecule is COc1cc(/C=N/NC(=O)COc2ccc3ccccc3c2Br)ccc1OC(=O)c1ccc(Cl)cc1Cl. The number of methoxy groups -OCH3 is 1. The van der Waals surface area contributed by atoms with Gasteiger partial charge in [-0.25, -0.2) is 10.2 Å². The van der Waals surface area contributed by atoms with Crippen LogP contribution in [-0.4, -0.2) is 31.8 Å². The van der Waals surface area contributed by atoms with Crippen molar-refractivity contribution in [3.63, 3.8) is 0 Å². The number of rotatable bonds is 8. The molecule has 4 aromatic carbocycles. The van der Waals surface area contributed by atoms with Crippen LogP contribution >= 0.6 is 39.1 Å². The van der Waals surface area contributed by atoms with Crippen molar-refractivity contribution in [3.05, 3.63) is 98.4 Å². The Bertz CT molecular complexity index is 1510. The van der Waals surface area contributed by atoms with Crippen molar-refractivity contribution in [2.45, 2.75) is 0 Å². The molecule has 0 saturated heterocycles. The van der Waals surface area contributed by atoms with Crippen molar-refractivity contribution in [1.82, 2.24) is 5.43 Å². The lowest BCUT2D eigenvalue weighted by Crippen LogP contribution is -2.24. The van der Waals surface area contributed by atoms with E-state index in [0.717, 1.165) is 15.2 Å². The zero-order chi connectivity index (χ0) is 26.4. The number of nitrogens with one attached hydrogen (secondary N) is 1. The number of hydrogen-bond acceptors (Lipinski definition) is 6. The molecule has 1 amide bonds. The van der Waals surface area contributed by atoms with Gasteiger partial charge < -0.3 is 14.2 Å². The molecule has 4 rings (SSSR count). The summed E-state index contributed by atoms with van der Waals surface area (Å²) in [4.78, 5) is 24.7. The topological polar surface area (TPSA) is 86.2 Å². The summed E-state index contributed by atoms with van der Waals surface area (Å²) in [5, 5.41) is 6.57. The molecule has 188 valence electrons. The van der Waals surface area contributed by atoms with Gasteiger partial charge in [0.2, 0.25) is 0 Å². The van der Waals surface area contributed by atoms with Crippen molar-refractivity contribution >= 4 is 68.0 Å². The highest BCUT2D eigenvalue weighted by Gasteiger charge is 2.16. The molecule has 0 unspecified atom stereocenters. The molecule has 1 N–H and O–H groups in total. The highest BCUT2D eigenvalue weighted by Crippen LogP contribution is 2.33. The molecule has 0 saturated carbocycles. The van der Waals surface area contributed by atoms with Crippen molar-refractivity contribution in [1.29, 1.82) is 0 Å². The van der Waals surface area contributed by atoms with E-state index in [2.05, 4.69) is 26.5 Å². The fourth-order valence-electron chi connectivity index (χ4n) is 3.34. The smallest absolute Gasteiger partial charge is 0.345 e. The molecule has 0 aliphatic rings. The van der Waals surface area contributed by atoms with E-state index >= 15 is 0 Å². The first-order valence-corrected chi connectivity index (χ1v) is 12.4. The fraction of sp³-hybridized carbons (Fsp3) is 0.0741. The van der Waals surface area contributed by atoms with Gasteiger partial charge in [-0.05, 0) is 74.7 Å². The normalized spacial score (nSPS) is 10.9. The van der Waals surface area contributed by atoms with Crippen molar-refractivity contribution in [2.24, 2.45) is 5.10 Å². The molecule has 0 radical (unpaired) electrons. The molecule has 10 heteroatoms. The molecule has 37 heavy (non-hydrogen) atoms. The molecule has 4 aromatic rings. The summed E-state index contributed by atoms with van der Waals surface area (Å²) in [6, 6.07) is 20.8. The van der Waals surface area contributed by atoms with Crippen LogP contribution < -0.4 is 19.6 Å². The third-order valence-corrected chi connectivity index (χ3v) is 6.50. The van der Waals surface area contributed by atoms with Crippen LogP contribution in [0.3, 0.4) is 0 Å². The standard InChI is InChI=1S/C27H19BrCl2N2O5/c1-35-24-12-16(6-10-22(24)37-27(34)20-9-8-18(29)13-21(20)30)14-31-32-25(33)15-36-23-11-7-17-4-2-3-5-19(17)26(23)28/h2-14H,15H2,1H3,(H,32,33)/b31-14+. The number of hydrogen-bond donors (Lipinski definition) is 1. The van der Waals surface area contributed by atoms with Gasteiger partial charge in [0.15, 0.2) is 18.1 Å². The minimum absolute atomic E-state index is 0.166. The summed E-state index contributed by atoms with van der Waals surface area (Å²) in [6.07, 6.45) is 1.42. The number of nitrogens with zero attached hydrogens (tertiary/aromatic N) is 1. The highest BCUT2D eigenvalue weighted by atomic mass is 79.9. The highest BCUT2D eigenvalue weighted by molar-refractivity contribution is 9.10. The zero-order valence-electron chi connectivity index (χ0n) is 19.3. The molecule has 0 fully saturated rings. The predicted molar refractivity (Wildman–Crippen MR) is 147 cm³/mol. The molecule has 0 aliphatic heterocycles. The van der Waals surface area contributed by atoms with Gasteiger partial charge >= 0.3 is 5.97 Å². The number of ether oxygens (including phenoxy) is 3. The van der Waals surface area contributed by atoms with Gasteiger partial charge in [0.1, 0.15) is 5.75 Å². The molecule has 0 spiro atoms. The summed E-state index contributed by atoms with van der Waals surface area (Å²) in [6.45, 7) is -0.222. The number of carbonyl (C=O) groups is 2. The van der Waals surface area contributed by atoms with Gasteiger partial charge in [-0.3, -0.25) is 4.79 Å². The molecule has 0 aliphatic carbocycles. The van der Waals surface area contributed by atoms with Crippen molar-refractivity contribution < 1.29 is 23.8 Å². The minimum Gasteiger partial charge on any atom is -0.493 e. The Labute approximate surface area is 231 Å². The number of esters is 1. The van der Waals surface area contributed by atoms with E-state index in [4.69, 9.17) is 37.4 Å². The van der Waals surface area contributed by atoms with E-state index in [-0.39, 0.29) is 22.9 Å². The second-order valence-corrected chi connectivity index (χ2v) is 9.24. The van der Waals surface area contributed by atoms with Crippen LogP contribution in [0.5, 0.6) is 17.2 Å². The number of hydrazone groups is 1. The Morgan fingerprint density at radius 1 is 0.973 bits per heavy atom. The Balaban J connectivity index is 1.35. The average Bonchev–Trinajstić information content (AvgIpc) is 2.89. The van der Waals surface area contributed by atoms with Gasteiger partial charge in [0, 0.05) is 5.02 Å². The fourth-order valence-corrected chi connectivity index (χ4v) is 4.43. The molecular weight excluding hydrogens is 583 g/mol. The first kappa shape index (κ1) is 26.5. The lowest BCUT2D eigenvalue weighted by molar-refractivity contribution is -0.123. The van der Waals surface area contributed by atoms with Gasteiger partial charge in [0.05, 0.1) is 28.4 Å². The average molecular weight is 602 g/mol. The minimum atomic E-state index is -0.660. The second-order valence-electron chi connectivity index (χ2n) is 7.60. The summed E-state index contributed by atoms with van der Waals surface area (Å²) in [5.74, 6) is -0.0692. The van der Waals surface area contributed by atoms with Crippen LogP contribution in [0.4, 0.5) is 0 Å². The monoisotopic (exact) mass is 600 g/mol. The van der Waals surface area contributed by atoms with E-state index in [1.54, 1.807) is 30.3 Å². The van der Waals surface area contributed by atoms with Crippen LogP contribution in [-0.2, 0) is 4.79 Å². The number of fused-ring (bicyclic) bond motifs is 1. The molecule has 0 heterocycles.